The number of fused-ring (bicyclic) bond motifs is 1. The summed E-state index contributed by atoms with van der Waals surface area (Å²) in [5.41, 5.74) is 2.54. The van der Waals surface area contributed by atoms with E-state index in [0.717, 1.165) is 5.69 Å². The Bertz CT molecular complexity index is 1230. The first kappa shape index (κ1) is 25.0. The van der Waals surface area contributed by atoms with E-state index in [-0.39, 0.29) is 12.3 Å². The number of nitrogens with zero attached hydrogens (tertiary/aromatic N) is 2. The number of anilines is 1. The van der Waals surface area contributed by atoms with E-state index >= 15 is 0 Å². The number of carbonyl (C=O) groups excluding carboxylic acids is 2. The Hall–Kier alpha value is -3.65. The second-order valence-corrected chi connectivity index (χ2v) is 8.11. The van der Waals surface area contributed by atoms with Crippen LogP contribution in [0.15, 0.2) is 47.6 Å². The van der Waals surface area contributed by atoms with Crippen LogP contribution in [0.4, 0.5) is 5.69 Å². The molecule has 0 atom stereocenters. The van der Waals surface area contributed by atoms with Crippen molar-refractivity contribution >= 4 is 45.8 Å². The summed E-state index contributed by atoms with van der Waals surface area (Å²) in [6, 6.07) is 12.5. The second kappa shape index (κ2) is 11.5. The van der Waals surface area contributed by atoms with Gasteiger partial charge in [-0.05, 0) is 63.1 Å². The molecule has 0 fully saturated rings. The maximum Gasteiger partial charge on any atom is 0.331 e. The van der Waals surface area contributed by atoms with E-state index in [1.807, 2.05) is 19.1 Å². The van der Waals surface area contributed by atoms with Gasteiger partial charge in [0, 0.05) is 35.5 Å². The minimum Gasteiger partial charge on any atom is -0.493 e. The Labute approximate surface area is 202 Å². The fraction of sp³-hybridized carbons (Fsp3) is 0.280. The van der Waals surface area contributed by atoms with Crippen molar-refractivity contribution in [3.8, 4) is 17.2 Å². The zero-order valence-electron chi connectivity index (χ0n) is 19.5. The van der Waals surface area contributed by atoms with Gasteiger partial charge in [0.1, 0.15) is 5.75 Å². The Morgan fingerprint density at radius 3 is 2.50 bits per heavy atom. The van der Waals surface area contributed by atoms with Crippen molar-refractivity contribution in [2.24, 2.45) is 5.16 Å². The van der Waals surface area contributed by atoms with Gasteiger partial charge in [0.05, 0.1) is 24.0 Å². The summed E-state index contributed by atoms with van der Waals surface area (Å²) in [6.45, 7) is 4.90. The van der Waals surface area contributed by atoms with Crippen molar-refractivity contribution < 1.29 is 23.9 Å². The summed E-state index contributed by atoms with van der Waals surface area (Å²) in [7, 11) is 1.54. The first-order valence-electron chi connectivity index (χ1n) is 10.7. The minimum atomic E-state index is -0.482. The number of benzene rings is 2. The van der Waals surface area contributed by atoms with Crippen LogP contribution in [0.3, 0.4) is 0 Å². The zero-order valence-corrected chi connectivity index (χ0v) is 20.2. The predicted octanol–water partition coefficient (Wildman–Crippen LogP) is 6.05. The molecule has 34 heavy (non-hydrogen) atoms. The molecule has 1 aromatic heterocycles. The number of methoxy groups -OCH3 is 1. The number of rotatable bonds is 9. The highest BCUT2D eigenvalue weighted by molar-refractivity contribution is 6.30. The Kier molecular flexibility index (Phi) is 8.43. The SMILES string of the molecule is COc1cc(NC(=O)CCC/C(C)=N/OC(C)=O)c2nc(C)ccc2c1Oc1ccc(Cl)cc1. The molecule has 1 amide bonds. The van der Waals surface area contributed by atoms with Gasteiger partial charge >= 0.3 is 5.97 Å². The molecule has 0 aliphatic carbocycles. The number of aromatic nitrogens is 1. The maximum atomic E-state index is 12.6. The highest BCUT2D eigenvalue weighted by atomic mass is 35.5. The second-order valence-electron chi connectivity index (χ2n) is 7.67. The van der Waals surface area contributed by atoms with Crippen LogP contribution in [0.25, 0.3) is 10.9 Å². The van der Waals surface area contributed by atoms with Crippen molar-refractivity contribution in [2.45, 2.75) is 40.0 Å². The molecule has 9 heteroatoms. The van der Waals surface area contributed by atoms with E-state index in [4.69, 9.17) is 21.1 Å². The standard InChI is InChI=1S/C25H26ClN3O5/c1-15-8-13-20-24(27-15)21(28-23(31)7-5-6-16(2)29-34-17(3)30)14-22(32-4)25(20)33-19-11-9-18(26)10-12-19/h8-14H,5-7H2,1-4H3,(H,28,31)/b29-16+. The van der Waals surface area contributed by atoms with Crippen molar-refractivity contribution in [1.29, 1.82) is 0 Å². The first-order chi connectivity index (χ1) is 16.3. The molecule has 0 unspecified atom stereocenters. The Balaban J connectivity index is 1.83. The number of carbonyl (C=O) groups is 2. The van der Waals surface area contributed by atoms with E-state index in [9.17, 15) is 9.59 Å². The monoisotopic (exact) mass is 483 g/mol. The molecule has 1 heterocycles. The van der Waals surface area contributed by atoms with Gasteiger partial charge in [-0.3, -0.25) is 9.78 Å². The van der Waals surface area contributed by atoms with E-state index in [1.54, 1.807) is 37.3 Å². The zero-order chi connectivity index (χ0) is 24.7. The summed E-state index contributed by atoms with van der Waals surface area (Å²) in [5, 5.41) is 7.94. The number of oxime groups is 1. The molecule has 8 nitrogen and oxygen atoms in total. The summed E-state index contributed by atoms with van der Waals surface area (Å²) < 4.78 is 11.7. The summed E-state index contributed by atoms with van der Waals surface area (Å²) >= 11 is 5.98. The predicted molar refractivity (Wildman–Crippen MR) is 132 cm³/mol. The third-order valence-corrected chi connectivity index (χ3v) is 5.09. The third-order valence-electron chi connectivity index (χ3n) is 4.83. The molecule has 0 spiro atoms. The number of amides is 1. The van der Waals surface area contributed by atoms with Crippen molar-refractivity contribution in [3.05, 3.63) is 53.2 Å². The number of nitrogens with one attached hydrogen (secondary N) is 1. The van der Waals surface area contributed by atoms with Crippen LogP contribution in [-0.2, 0) is 14.4 Å². The van der Waals surface area contributed by atoms with Gasteiger partial charge < -0.3 is 19.6 Å². The van der Waals surface area contributed by atoms with E-state index in [0.29, 0.717) is 57.4 Å². The van der Waals surface area contributed by atoms with Crippen LogP contribution in [-0.4, -0.2) is 29.7 Å². The van der Waals surface area contributed by atoms with Gasteiger partial charge in [0.15, 0.2) is 11.5 Å². The fourth-order valence-electron chi connectivity index (χ4n) is 3.22. The van der Waals surface area contributed by atoms with Crippen molar-refractivity contribution in [1.82, 2.24) is 4.98 Å². The van der Waals surface area contributed by atoms with E-state index in [1.165, 1.54) is 14.0 Å². The molecule has 3 aromatic rings. The molecule has 0 aliphatic rings. The quantitative estimate of drug-likeness (QED) is 0.226. The summed E-state index contributed by atoms with van der Waals surface area (Å²) in [6.07, 6.45) is 1.32. The number of hydrogen-bond acceptors (Lipinski definition) is 7. The molecule has 0 aliphatic heterocycles. The molecule has 178 valence electrons. The topological polar surface area (TPSA) is 99.1 Å². The lowest BCUT2D eigenvalue weighted by molar-refractivity contribution is -0.141. The normalized spacial score (nSPS) is 11.3. The van der Waals surface area contributed by atoms with E-state index < -0.39 is 5.97 Å². The average Bonchev–Trinajstić information content (AvgIpc) is 2.80. The van der Waals surface area contributed by atoms with Gasteiger partial charge in [-0.2, -0.15) is 0 Å². The Morgan fingerprint density at radius 1 is 1.09 bits per heavy atom. The summed E-state index contributed by atoms with van der Waals surface area (Å²) in [5.74, 6) is 0.866. The largest absolute Gasteiger partial charge is 0.493 e. The van der Waals surface area contributed by atoms with Crippen LogP contribution in [0.2, 0.25) is 5.02 Å². The van der Waals surface area contributed by atoms with Crippen LogP contribution in [0.1, 0.15) is 38.8 Å². The van der Waals surface area contributed by atoms with Crippen molar-refractivity contribution in [3.63, 3.8) is 0 Å². The van der Waals surface area contributed by atoms with Gasteiger partial charge in [-0.1, -0.05) is 16.8 Å². The molecular formula is C25H26ClN3O5. The number of hydrogen-bond donors (Lipinski definition) is 1. The maximum absolute atomic E-state index is 12.6. The van der Waals surface area contributed by atoms with Gasteiger partial charge in [-0.25, -0.2) is 4.79 Å². The summed E-state index contributed by atoms with van der Waals surface area (Å²) in [4.78, 5) is 32.7. The molecule has 0 bridgehead atoms. The first-order valence-corrected chi connectivity index (χ1v) is 11.1. The Morgan fingerprint density at radius 2 is 1.82 bits per heavy atom. The van der Waals surface area contributed by atoms with Crippen LogP contribution >= 0.6 is 11.6 Å². The van der Waals surface area contributed by atoms with E-state index in [2.05, 4.69) is 20.3 Å². The number of pyridine rings is 1. The number of halogens is 1. The van der Waals surface area contributed by atoms with Crippen LogP contribution in [0.5, 0.6) is 17.2 Å². The molecule has 2 aromatic carbocycles. The lowest BCUT2D eigenvalue weighted by atomic mass is 10.1. The van der Waals surface area contributed by atoms with Crippen molar-refractivity contribution in [2.75, 3.05) is 12.4 Å². The van der Waals surface area contributed by atoms with Gasteiger partial charge in [-0.15, -0.1) is 0 Å². The molecule has 0 saturated carbocycles. The minimum absolute atomic E-state index is 0.182. The lowest BCUT2D eigenvalue weighted by Crippen LogP contribution is -2.13. The van der Waals surface area contributed by atoms with Crippen LogP contribution < -0.4 is 14.8 Å². The molecule has 3 rings (SSSR count). The lowest BCUT2D eigenvalue weighted by Gasteiger charge is -2.17. The number of aryl methyl sites for hydroxylation is 1. The third kappa shape index (κ3) is 6.68. The highest BCUT2D eigenvalue weighted by Crippen LogP contribution is 2.42. The molecule has 0 saturated heterocycles. The fourth-order valence-corrected chi connectivity index (χ4v) is 3.35. The van der Waals surface area contributed by atoms with Gasteiger partial charge in [0.25, 0.3) is 0 Å². The van der Waals surface area contributed by atoms with Gasteiger partial charge in [0.2, 0.25) is 5.91 Å². The molecule has 0 radical (unpaired) electrons. The highest BCUT2D eigenvalue weighted by Gasteiger charge is 2.18. The molecular weight excluding hydrogens is 458 g/mol. The van der Waals surface area contributed by atoms with Crippen LogP contribution in [0, 0.1) is 6.92 Å². The molecule has 1 N–H and O–H groups in total. The average molecular weight is 484 g/mol. The number of ether oxygens (including phenoxy) is 2. The smallest absolute Gasteiger partial charge is 0.331 e.